The summed E-state index contributed by atoms with van der Waals surface area (Å²) < 4.78 is 1.70. The molecule has 162 valence electrons. The summed E-state index contributed by atoms with van der Waals surface area (Å²) in [5, 5.41) is 5.87. The summed E-state index contributed by atoms with van der Waals surface area (Å²) in [6.45, 7) is 3.26. The number of fused-ring (bicyclic) bond motifs is 1. The molecule has 32 heavy (non-hydrogen) atoms. The van der Waals surface area contributed by atoms with Gasteiger partial charge in [0.15, 0.2) is 0 Å². The van der Waals surface area contributed by atoms with Gasteiger partial charge in [0.25, 0.3) is 11.5 Å². The van der Waals surface area contributed by atoms with Gasteiger partial charge in [-0.1, -0.05) is 11.6 Å². The first-order valence-electron chi connectivity index (χ1n) is 10.4. The molecule has 1 aliphatic heterocycles. The number of carbonyl (C=O) groups excluding carboxylic acids is 1. The molecule has 2 aromatic carbocycles. The van der Waals surface area contributed by atoms with Crippen LogP contribution in [0.15, 0.2) is 65.7 Å². The van der Waals surface area contributed by atoms with E-state index in [-0.39, 0.29) is 11.5 Å². The van der Waals surface area contributed by atoms with Crippen molar-refractivity contribution < 1.29 is 4.79 Å². The van der Waals surface area contributed by atoms with Gasteiger partial charge in [0.2, 0.25) is 0 Å². The van der Waals surface area contributed by atoms with Crippen LogP contribution in [0.3, 0.4) is 0 Å². The van der Waals surface area contributed by atoms with Crippen molar-refractivity contribution in [1.29, 1.82) is 0 Å². The highest BCUT2D eigenvalue weighted by Crippen LogP contribution is 2.23. The van der Waals surface area contributed by atoms with E-state index < -0.39 is 0 Å². The number of nitrogens with one attached hydrogen (secondary N) is 1. The van der Waals surface area contributed by atoms with Crippen molar-refractivity contribution in [1.82, 2.24) is 24.6 Å². The maximum atomic E-state index is 12.7. The van der Waals surface area contributed by atoms with Crippen LogP contribution in [0.4, 0.5) is 0 Å². The van der Waals surface area contributed by atoms with Gasteiger partial charge < -0.3 is 14.8 Å². The van der Waals surface area contributed by atoms with E-state index in [4.69, 9.17) is 11.6 Å². The lowest BCUT2D eigenvalue weighted by atomic mass is 10.1. The van der Waals surface area contributed by atoms with Gasteiger partial charge in [-0.25, -0.2) is 4.68 Å². The van der Waals surface area contributed by atoms with Crippen LogP contribution in [0.25, 0.3) is 27.7 Å². The molecule has 1 N–H and O–H groups in total. The quantitative estimate of drug-likeness (QED) is 0.522. The minimum atomic E-state index is -0.188. The van der Waals surface area contributed by atoms with E-state index >= 15 is 0 Å². The zero-order valence-corrected chi connectivity index (χ0v) is 18.3. The summed E-state index contributed by atoms with van der Waals surface area (Å²) in [5.41, 5.74) is 3.24. The molecule has 1 saturated heterocycles. The monoisotopic (exact) mass is 447 g/mol. The third-order valence-electron chi connectivity index (χ3n) is 5.87. The van der Waals surface area contributed by atoms with E-state index in [0.29, 0.717) is 21.7 Å². The molecule has 0 spiro atoms. The number of hydrogen-bond donors (Lipinski definition) is 1. The van der Waals surface area contributed by atoms with Crippen molar-refractivity contribution in [3.63, 3.8) is 0 Å². The molecule has 5 rings (SSSR count). The van der Waals surface area contributed by atoms with Crippen LogP contribution in [0.5, 0.6) is 0 Å². The van der Waals surface area contributed by atoms with Gasteiger partial charge in [-0.3, -0.25) is 9.59 Å². The van der Waals surface area contributed by atoms with Crippen molar-refractivity contribution in [2.45, 2.75) is 0 Å². The molecule has 4 aromatic rings. The third-order valence-corrected chi connectivity index (χ3v) is 6.10. The average molecular weight is 448 g/mol. The summed E-state index contributed by atoms with van der Waals surface area (Å²) in [7, 11) is 2.07. The number of hydrogen-bond acceptors (Lipinski definition) is 4. The summed E-state index contributed by atoms with van der Waals surface area (Å²) in [6.07, 6.45) is 3.46. The minimum absolute atomic E-state index is 0.0483. The van der Waals surface area contributed by atoms with Crippen LogP contribution >= 0.6 is 11.6 Å². The summed E-state index contributed by atoms with van der Waals surface area (Å²) in [5.74, 6) is 0.0483. The predicted octanol–water partition coefficient (Wildman–Crippen LogP) is 3.42. The fraction of sp³-hybridized carbons (Fsp3) is 0.208. The second-order valence-electron chi connectivity index (χ2n) is 8.06. The Bertz CT molecular complexity index is 1350. The first kappa shape index (κ1) is 20.5. The molecular weight excluding hydrogens is 426 g/mol. The molecule has 0 unspecified atom stereocenters. The lowest BCUT2D eigenvalue weighted by molar-refractivity contribution is 0.0664. The van der Waals surface area contributed by atoms with E-state index in [1.807, 2.05) is 41.3 Å². The number of H-pyrrole nitrogens is 1. The largest absolute Gasteiger partial charge is 0.336 e. The van der Waals surface area contributed by atoms with Gasteiger partial charge in [0.05, 0.1) is 17.4 Å². The lowest BCUT2D eigenvalue weighted by Gasteiger charge is -2.32. The molecule has 8 heteroatoms. The highest BCUT2D eigenvalue weighted by molar-refractivity contribution is 6.31. The number of piperazine rings is 1. The molecule has 0 atom stereocenters. The van der Waals surface area contributed by atoms with Crippen LogP contribution in [-0.4, -0.2) is 63.7 Å². The van der Waals surface area contributed by atoms with Gasteiger partial charge in [-0.15, -0.1) is 0 Å². The molecule has 2 aromatic heterocycles. The molecule has 1 aliphatic rings. The van der Waals surface area contributed by atoms with Crippen LogP contribution in [0, 0.1) is 0 Å². The number of aromatic amines is 1. The van der Waals surface area contributed by atoms with Gasteiger partial charge in [-0.2, -0.15) is 5.10 Å². The number of benzene rings is 2. The van der Waals surface area contributed by atoms with Crippen LogP contribution in [-0.2, 0) is 0 Å². The maximum absolute atomic E-state index is 12.7. The lowest BCUT2D eigenvalue weighted by Crippen LogP contribution is -2.47. The van der Waals surface area contributed by atoms with E-state index in [9.17, 15) is 9.59 Å². The fourth-order valence-electron chi connectivity index (χ4n) is 3.94. The molecule has 0 radical (unpaired) electrons. The fourth-order valence-corrected chi connectivity index (χ4v) is 4.12. The normalized spacial score (nSPS) is 14.8. The Morgan fingerprint density at radius 1 is 1.03 bits per heavy atom. The molecular formula is C24H22ClN5O2. The Kier molecular flexibility index (Phi) is 5.28. The number of aromatic nitrogens is 3. The molecule has 0 aliphatic carbocycles. The highest BCUT2D eigenvalue weighted by atomic mass is 35.5. The van der Waals surface area contributed by atoms with Crippen molar-refractivity contribution in [3.05, 3.63) is 81.9 Å². The number of amides is 1. The van der Waals surface area contributed by atoms with Gasteiger partial charge in [0.1, 0.15) is 0 Å². The van der Waals surface area contributed by atoms with Crippen molar-refractivity contribution in [3.8, 4) is 16.8 Å². The number of rotatable bonds is 3. The number of halogens is 1. The first-order valence-corrected chi connectivity index (χ1v) is 10.8. The Morgan fingerprint density at radius 2 is 1.78 bits per heavy atom. The van der Waals surface area contributed by atoms with Crippen molar-refractivity contribution in [2.75, 3.05) is 33.2 Å². The van der Waals surface area contributed by atoms with Gasteiger partial charge in [-0.05, 0) is 55.6 Å². The molecule has 7 nitrogen and oxygen atoms in total. The number of nitrogens with zero attached hydrogens (tertiary/aromatic N) is 4. The van der Waals surface area contributed by atoms with Gasteiger partial charge in [0, 0.05) is 59.4 Å². The van der Waals surface area contributed by atoms with E-state index in [2.05, 4.69) is 22.0 Å². The summed E-state index contributed by atoms with van der Waals surface area (Å²) in [4.78, 5) is 32.3. The van der Waals surface area contributed by atoms with E-state index in [1.54, 1.807) is 29.2 Å². The maximum Gasteiger partial charge on any atom is 0.256 e. The number of carbonyl (C=O) groups is 1. The molecule has 0 bridgehead atoms. The number of likely N-dealkylation sites (N-methyl/N-ethyl adjacent to an activating group) is 1. The summed E-state index contributed by atoms with van der Waals surface area (Å²) >= 11 is 6.09. The zero-order valence-electron chi connectivity index (χ0n) is 17.6. The molecule has 3 heterocycles. The zero-order chi connectivity index (χ0) is 22.2. The molecule has 0 saturated carbocycles. The Morgan fingerprint density at radius 3 is 2.53 bits per heavy atom. The standard InChI is InChI=1S/C24H22ClN5O2/c1-28-8-10-29(11-9-28)24(32)16-2-5-20(6-3-16)30-15-18(14-26-30)21-13-17-12-19(25)4-7-22(17)27-23(21)31/h2-7,12-15H,8-11H2,1H3,(H,27,31). The first-order chi connectivity index (χ1) is 15.5. The molecule has 1 fully saturated rings. The van der Waals surface area contributed by atoms with Gasteiger partial charge >= 0.3 is 0 Å². The molecule has 1 amide bonds. The summed E-state index contributed by atoms with van der Waals surface area (Å²) in [6, 6.07) is 14.5. The highest BCUT2D eigenvalue weighted by Gasteiger charge is 2.20. The van der Waals surface area contributed by atoms with Crippen molar-refractivity contribution in [2.24, 2.45) is 0 Å². The Balaban J connectivity index is 1.39. The van der Waals surface area contributed by atoms with Crippen LogP contribution in [0.1, 0.15) is 10.4 Å². The Hall–Kier alpha value is -3.42. The predicted molar refractivity (Wildman–Crippen MR) is 126 cm³/mol. The average Bonchev–Trinajstić information content (AvgIpc) is 3.29. The van der Waals surface area contributed by atoms with E-state index in [0.717, 1.165) is 42.8 Å². The van der Waals surface area contributed by atoms with E-state index in [1.165, 1.54) is 0 Å². The third kappa shape index (κ3) is 3.92. The topological polar surface area (TPSA) is 74.2 Å². The van der Waals surface area contributed by atoms with Crippen LogP contribution < -0.4 is 5.56 Å². The SMILES string of the molecule is CN1CCN(C(=O)c2ccc(-n3cc(-c4cc5cc(Cl)ccc5[nH]c4=O)cn3)cc2)CC1. The smallest absolute Gasteiger partial charge is 0.256 e. The van der Waals surface area contributed by atoms with Crippen LogP contribution in [0.2, 0.25) is 5.02 Å². The number of pyridine rings is 1. The van der Waals surface area contributed by atoms with Crippen molar-refractivity contribution >= 4 is 28.4 Å². The minimum Gasteiger partial charge on any atom is -0.336 e. The second-order valence-corrected chi connectivity index (χ2v) is 8.50. The second kappa shape index (κ2) is 8.26. The Labute approximate surface area is 189 Å².